The first-order chi connectivity index (χ1) is 13.0. The molecule has 1 aliphatic heterocycles. The molecular weight excluding hydrogens is 357 g/mol. The van der Waals surface area contributed by atoms with E-state index in [0.717, 1.165) is 6.07 Å². The molecule has 8 nitrogen and oxygen atoms in total. The van der Waals surface area contributed by atoms with Gasteiger partial charge in [0.05, 0.1) is 18.6 Å². The monoisotopic (exact) mass is 373 g/mol. The van der Waals surface area contributed by atoms with Crippen molar-refractivity contribution in [2.75, 3.05) is 13.7 Å². The van der Waals surface area contributed by atoms with E-state index in [1.165, 1.54) is 42.5 Å². The summed E-state index contributed by atoms with van der Waals surface area (Å²) in [6.45, 7) is 0.448. The molecule has 0 saturated carbocycles. The molecule has 1 heterocycles. The number of hydrogen-bond acceptors (Lipinski definition) is 6. The summed E-state index contributed by atoms with van der Waals surface area (Å²) in [4.78, 5) is 22.7. The summed E-state index contributed by atoms with van der Waals surface area (Å²) in [6, 6.07) is 9.81. The third-order valence-electron chi connectivity index (χ3n) is 3.92. The Balaban J connectivity index is 1.64. The number of carbonyl (C=O) groups excluding carboxylic acids is 1. The van der Waals surface area contributed by atoms with Gasteiger partial charge in [-0.05, 0) is 35.9 Å². The summed E-state index contributed by atoms with van der Waals surface area (Å²) in [7, 11) is 1.35. The number of hydrogen-bond donors (Lipinski definition) is 0. The number of halogens is 1. The van der Waals surface area contributed by atoms with Crippen LogP contribution in [-0.2, 0) is 11.3 Å². The van der Waals surface area contributed by atoms with Crippen molar-refractivity contribution in [1.29, 1.82) is 0 Å². The fraction of sp³-hybridized carbons (Fsp3) is 0.222. The van der Waals surface area contributed by atoms with Gasteiger partial charge in [0, 0.05) is 18.1 Å². The molecule has 0 aliphatic carbocycles. The molecule has 0 N–H and O–H groups in total. The smallest absolute Gasteiger partial charge is 0.310 e. The van der Waals surface area contributed by atoms with E-state index in [2.05, 4.69) is 5.10 Å². The molecule has 2 aromatic carbocycles. The van der Waals surface area contributed by atoms with Crippen molar-refractivity contribution in [3.63, 3.8) is 0 Å². The number of nitro groups is 1. The zero-order valence-corrected chi connectivity index (χ0v) is 14.4. The Labute approximate surface area is 154 Å². The molecule has 9 heteroatoms. The number of rotatable bonds is 5. The number of nitrogens with zero attached hydrogens (tertiary/aromatic N) is 3. The number of ether oxygens (including phenoxy) is 2. The number of amides is 1. The van der Waals surface area contributed by atoms with Gasteiger partial charge in [-0.3, -0.25) is 14.9 Å². The van der Waals surface area contributed by atoms with E-state index in [4.69, 9.17) is 9.47 Å². The summed E-state index contributed by atoms with van der Waals surface area (Å²) in [6.07, 6.45) is 0.422. The first-order valence-corrected chi connectivity index (χ1v) is 8.07. The van der Waals surface area contributed by atoms with Crippen molar-refractivity contribution in [2.45, 2.75) is 13.0 Å². The maximum atomic E-state index is 13.3. The molecule has 3 rings (SSSR count). The maximum Gasteiger partial charge on any atom is 0.310 e. The highest BCUT2D eigenvalue weighted by atomic mass is 19.1. The fourth-order valence-electron chi connectivity index (χ4n) is 2.58. The third-order valence-corrected chi connectivity index (χ3v) is 3.92. The summed E-state index contributed by atoms with van der Waals surface area (Å²) in [5.74, 6) is -0.410. The molecule has 0 saturated heterocycles. The van der Waals surface area contributed by atoms with Crippen molar-refractivity contribution in [2.24, 2.45) is 5.10 Å². The molecule has 140 valence electrons. The lowest BCUT2D eigenvalue weighted by atomic mass is 10.2. The maximum absolute atomic E-state index is 13.3. The van der Waals surface area contributed by atoms with Crippen LogP contribution in [0.25, 0.3) is 0 Å². The van der Waals surface area contributed by atoms with E-state index in [1.54, 1.807) is 6.07 Å². The summed E-state index contributed by atoms with van der Waals surface area (Å²) >= 11 is 0. The number of benzene rings is 2. The second-order valence-corrected chi connectivity index (χ2v) is 5.73. The van der Waals surface area contributed by atoms with Crippen LogP contribution in [0.1, 0.15) is 22.3 Å². The number of nitro benzene ring substituents is 1. The van der Waals surface area contributed by atoms with E-state index in [-0.39, 0.29) is 23.6 Å². The Kier molecular flexibility index (Phi) is 5.30. The van der Waals surface area contributed by atoms with Crippen molar-refractivity contribution < 1.29 is 23.6 Å². The van der Waals surface area contributed by atoms with Gasteiger partial charge in [0.2, 0.25) is 5.90 Å². The summed E-state index contributed by atoms with van der Waals surface area (Å²) in [5.41, 5.74) is 0.737. The minimum Gasteiger partial charge on any atom is -0.490 e. The second kappa shape index (κ2) is 7.81. The van der Waals surface area contributed by atoms with E-state index in [0.29, 0.717) is 24.4 Å². The lowest BCUT2D eigenvalue weighted by molar-refractivity contribution is -0.385. The topological polar surface area (TPSA) is 94.3 Å². The van der Waals surface area contributed by atoms with Crippen LogP contribution in [0.5, 0.6) is 5.75 Å². The number of hydrazone groups is 1. The standard InChI is InChI=1S/C18H16FN3O5/c1-26-16-9-12(5-6-15(16)22(24)25)11-27-17-7-8-21(20-17)18(23)13-3-2-4-14(19)10-13/h2-6,9-10H,7-8,11H2,1H3. The predicted octanol–water partition coefficient (Wildman–Crippen LogP) is 3.12. The first-order valence-electron chi connectivity index (χ1n) is 8.07. The Hall–Kier alpha value is -3.49. The van der Waals surface area contributed by atoms with Crippen LogP contribution in [-0.4, -0.2) is 35.4 Å². The average Bonchev–Trinajstić information content (AvgIpc) is 3.14. The van der Waals surface area contributed by atoms with Gasteiger partial charge >= 0.3 is 5.69 Å². The van der Waals surface area contributed by atoms with Crippen LogP contribution in [0.3, 0.4) is 0 Å². The van der Waals surface area contributed by atoms with Gasteiger partial charge in [-0.2, -0.15) is 0 Å². The fourth-order valence-corrected chi connectivity index (χ4v) is 2.58. The van der Waals surface area contributed by atoms with Crippen LogP contribution in [0.15, 0.2) is 47.6 Å². The Morgan fingerprint density at radius 1 is 1.33 bits per heavy atom. The molecule has 1 amide bonds. The molecular formula is C18H16FN3O5. The van der Waals surface area contributed by atoms with Crippen molar-refractivity contribution >= 4 is 17.5 Å². The molecule has 0 fully saturated rings. The minimum atomic E-state index is -0.527. The van der Waals surface area contributed by atoms with E-state index in [1.807, 2.05) is 0 Å². The van der Waals surface area contributed by atoms with Gasteiger partial charge < -0.3 is 9.47 Å². The molecule has 0 spiro atoms. The molecule has 0 radical (unpaired) electrons. The Morgan fingerprint density at radius 2 is 2.15 bits per heavy atom. The van der Waals surface area contributed by atoms with Crippen LogP contribution < -0.4 is 4.74 Å². The number of methoxy groups -OCH3 is 1. The van der Waals surface area contributed by atoms with Crippen LogP contribution in [0, 0.1) is 15.9 Å². The van der Waals surface area contributed by atoms with Gasteiger partial charge in [-0.25, -0.2) is 9.40 Å². The van der Waals surface area contributed by atoms with Gasteiger partial charge in [0.25, 0.3) is 5.91 Å². The second-order valence-electron chi connectivity index (χ2n) is 5.73. The number of carbonyl (C=O) groups is 1. The molecule has 0 unspecified atom stereocenters. The van der Waals surface area contributed by atoms with Gasteiger partial charge in [-0.15, -0.1) is 5.10 Å². The van der Waals surface area contributed by atoms with Crippen LogP contribution in [0.2, 0.25) is 0 Å². The SMILES string of the molecule is COc1cc(COC2=NN(C(=O)c3cccc(F)c3)CC2)ccc1[N+](=O)[O-]. The average molecular weight is 373 g/mol. The van der Waals surface area contributed by atoms with Crippen LogP contribution in [0.4, 0.5) is 10.1 Å². The molecule has 27 heavy (non-hydrogen) atoms. The van der Waals surface area contributed by atoms with Crippen molar-refractivity contribution in [3.8, 4) is 5.75 Å². The molecule has 1 aliphatic rings. The van der Waals surface area contributed by atoms with Crippen LogP contribution >= 0.6 is 0 Å². The van der Waals surface area contributed by atoms with E-state index < -0.39 is 16.6 Å². The van der Waals surface area contributed by atoms with E-state index >= 15 is 0 Å². The highest BCUT2D eigenvalue weighted by Crippen LogP contribution is 2.28. The van der Waals surface area contributed by atoms with Gasteiger partial charge in [0.15, 0.2) is 5.75 Å². The van der Waals surface area contributed by atoms with Crippen molar-refractivity contribution in [3.05, 3.63) is 69.5 Å². The lowest BCUT2D eigenvalue weighted by Crippen LogP contribution is -2.23. The van der Waals surface area contributed by atoms with E-state index in [9.17, 15) is 19.3 Å². The first kappa shape index (κ1) is 18.3. The van der Waals surface area contributed by atoms with Crippen molar-refractivity contribution in [1.82, 2.24) is 5.01 Å². The predicted molar refractivity (Wildman–Crippen MR) is 93.9 cm³/mol. The summed E-state index contributed by atoms with van der Waals surface area (Å²) < 4.78 is 23.9. The Morgan fingerprint density at radius 3 is 2.85 bits per heavy atom. The minimum absolute atomic E-state index is 0.120. The largest absolute Gasteiger partial charge is 0.490 e. The summed E-state index contributed by atoms with van der Waals surface area (Å²) in [5, 5.41) is 16.2. The van der Waals surface area contributed by atoms with Gasteiger partial charge in [-0.1, -0.05) is 6.07 Å². The zero-order chi connectivity index (χ0) is 19.4. The zero-order valence-electron chi connectivity index (χ0n) is 14.4. The quantitative estimate of drug-likeness (QED) is 0.593. The molecule has 0 bridgehead atoms. The molecule has 2 aromatic rings. The molecule has 0 aromatic heterocycles. The Bertz CT molecular complexity index is 916. The third kappa shape index (κ3) is 4.20. The lowest BCUT2D eigenvalue weighted by Gasteiger charge is -2.10. The molecule has 0 atom stereocenters. The highest BCUT2D eigenvalue weighted by molar-refractivity contribution is 5.96. The normalized spacial score (nSPS) is 13.3. The highest BCUT2D eigenvalue weighted by Gasteiger charge is 2.23. The van der Waals surface area contributed by atoms with Gasteiger partial charge in [0.1, 0.15) is 12.4 Å².